The molecule has 1 aliphatic rings. The molecule has 2 unspecified atom stereocenters. The zero-order valence-corrected chi connectivity index (χ0v) is 12.2. The highest BCUT2D eigenvalue weighted by Crippen LogP contribution is 2.23. The minimum absolute atomic E-state index is 0.0460. The summed E-state index contributed by atoms with van der Waals surface area (Å²) in [5, 5.41) is 11.8. The molecule has 0 spiro atoms. The van der Waals surface area contributed by atoms with Crippen molar-refractivity contribution in [1.82, 2.24) is 5.32 Å². The van der Waals surface area contributed by atoms with Gasteiger partial charge in [0.1, 0.15) is 5.75 Å². The number of rotatable bonds is 5. The number of carbonyl (C=O) groups is 2. The minimum atomic E-state index is -0.981. The average Bonchev–Trinajstić information content (AvgIpc) is 2.48. The number of carboxylic acid groups (broad SMARTS) is 1. The van der Waals surface area contributed by atoms with Gasteiger partial charge in [0.05, 0.1) is 5.56 Å². The number of ether oxygens (including phenoxy) is 1. The summed E-state index contributed by atoms with van der Waals surface area (Å²) in [4.78, 5) is 22.6. The molecule has 1 fully saturated rings. The molecule has 114 valence electrons. The molecule has 0 radical (unpaired) electrons. The second-order valence-electron chi connectivity index (χ2n) is 5.55. The Labute approximate surface area is 124 Å². The largest absolute Gasteiger partial charge is 0.484 e. The lowest BCUT2D eigenvalue weighted by molar-refractivity contribution is -0.124. The standard InChI is InChI=1S/C16H21NO4/c1-11-4-2-3-5-14(11)17-15(18)10-21-13-8-6-12(7-9-13)16(19)20/h6-9,11,14H,2-5,10H2,1H3,(H,17,18)(H,19,20). The molecule has 1 aliphatic carbocycles. The van der Waals surface area contributed by atoms with Gasteiger partial charge in [-0.25, -0.2) is 4.79 Å². The van der Waals surface area contributed by atoms with Crippen molar-refractivity contribution >= 4 is 11.9 Å². The smallest absolute Gasteiger partial charge is 0.335 e. The fourth-order valence-corrected chi connectivity index (χ4v) is 2.62. The lowest BCUT2D eigenvalue weighted by Gasteiger charge is -2.29. The SMILES string of the molecule is CC1CCCCC1NC(=O)COc1ccc(C(=O)O)cc1. The van der Waals surface area contributed by atoms with Gasteiger partial charge in [0.2, 0.25) is 0 Å². The molecule has 5 heteroatoms. The van der Waals surface area contributed by atoms with Crippen LogP contribution in [0.1, 0.15) is 43.0 Å². The van der Waals surface area contributed by atoms with Crippen molar-refractivity contribution in [3.05, 3.63) is 29.8 Å². The number of aromatic carboxylic acids is 1. The van der Waals surface area contributed by atoms with E-state index in [1.807, 2.05) is 0 Å². The summed E-state index contributed by atoms with van der Waals surface area (Å²) in [5.41, 5.74) is 0.197. The van der Waals surface area contributed by atoms with Gasteiger partial charge in [-0.2, -0.15) is 0 Å². The first-order valence-electron chi connectivity index (χ1n) is 7.32. The Kier molecular flexibility index (Phi) is 5.20. The normalized spacial score (nSPS) is 21.6. The highest BCUT2D eigenvalue weighted by Gasteiger charge is 2.22. The molecule has 2 atom stereocenters. The van der Waals surface area contributed by atoms with Gasteiger partial charge in [0, 0.05) is 6.04 Å². The molecule has 1 aromatic carbocycles. The topological polar surface area (TPSA) is 75.6 Å². The predicted octanol–water partition coefficient (Wildman–Crippen LogP) is 2.46. The van der Waals surface area contributed by atoms with E-state index in [0.29, 0.717) is 11.7 Å². The van der Waals surface area contributed by atoms with Gasteiger partial charge in [0.15, 0.2) is 6.61 Å². The summed E-state index contributed by atoms with van der Waals surface area (Å²) in [6.45, 7) is 2.12. The van der Waals surface area contributed by atoms with E-state index in [4.69, 9.17) is 9.84 Å². The Balaban J connectivity index is 1.79. The summed E-state index contributed by atoms with van der Waals surface area (Å²) < 4.78 is 5.37. The van der Waals surface area contributed by atoms with Crippen molar-refractivity contribution in [3.8, 4) is 5.75 Å². The summed E-state index contributed by atoms with van der Waals surface area (Å²) >= 11 is 0. The molecule has 2 N–H and O–H groups in total. The summed E-state index contributed by atoms with van der Waals surface area (Å²) in [5.74, 6) is -0.106. The average molecular weight is 291 g/mol. The Bertz CT molecular complexity index is 498. The van der Waals surface area contributed by atoms with Gasteiger partial charge in [-0.1, -0.05) is 19.8 Å². The number of carboxylic acids is 1. The number of nitrogens with one attached hydrogen (secondary N) is 1. The van der Waals surface area contributed by atoms with Gasteiger partial charge in [-0.05, 0) is 43.0 Å². The zero-order valence-electron chi connectivity index (χ0n) is 12.2. The maximum Gasteiger partial charge on any atom is 0.335 e. The molecule has 1 saturated carbocycles. The van der Waals surface area contributed by atoms with Crippen LogP contribution in [0.2, 0.25) is 0 Å². The summed E-state index contributed by atoms with van der Waals surface area (Å²) in [7, 11) is 0. The van der Waals surface area contributed by atoms with Gasteiger partial charge >= 0.3 is 5.97 Å². The Hall–Kier alpha value is -2.04. The van der Waals surface area contributed by atoms with Crippen molar-refractivity contribution in [2.45, 2.75) is 38.6 Å². The molecule has 1 aromatic rings. The fraction of sp³-hybridized carbons (Fsp3) is 0.500. The van der Waals surface area contributed by atoms with Crippen LogP contribution in [0.5, 0.6) is 5.75 Å². The third-order valence-electron chi connectivity index (χ3n) is 3.93. The van der Waals surface area contributed by atoms with Gasteiger partial charge < -0.3 is 15.2 Å². The van der Waals surface area contributed by atoms with Crippen LogP contribution in [0, 0.1) is 5.92 Å². The molecule has 21 heavy (non-hydrogen) atoms. The third-order valence-corrected chi connectivity index (χ3v) is 3.93. The highest BCUT2D eigenvalue weighted by atomic mass is 16.5. The molecule has 0 aromatic heterocycles. The second kappa shape index (κ2) is 7.11. The molecule has 0 saturated heterocycles. The summed E-state index contributed by atoms with van der Waals surface area (Å²) in [6, 6.07) is 6.27. The monoisotopic (exact) mass is 291 g/mol. The van der Waals surface area contributed by atoms with Gasteiger partial charge in [-0.3, -0.25) is 4.79 Å². The molecule has 0 aliphatic heterocycles. The second-order valence-corrected chi connectivity index (χ2v) is 5.55. The number of hydrogen-bond donors (Lipinski definition) is 2. The predicted molar refractivity (Wildman–Crippen MR) is 78.5 cm³/mol. The highest BCUT2D eigenvalue weighted by molar-refractivity contribution is 5.87. The Morgan fingerprint density at radius 3 is 2.52 bits per heavy atom. The van der Waals surface area contributed by atoms with Crippen LogP contribution in [0.3, 0.4) is 0 Å². The van der Waals surface area contributed by atoms with E-state index < -0.39 is 5.97 Å². The van der Waals surface area contributed by atoms with Crippen LogP contribution >= 0.6 is 0 Å². The van der Waals surface area contributed by atoms with E-state index in [0.717, 1.165) is 19.3 Å². The van der Waals surface area contributed by atoms with E-state index in [1.54, 1.807) is 12.1 Å². The molecule has 0 bridgehead atoms. The number of benzene rings is 1. The number of amides is 1. The number of hydrogen-bond acceptors (Lipinski definition) is 3. The van der Waals surface area contributed by atoms with Gasteiger partial charge in [0.25, 0.3) is 5.91 Å². The molecule has 5 nitrogen and oxygen atoms in total. The first-order chi connectivity index (χ1) is 10.1. The zero-order chi connectivity index (χ0) is 15.2. The summed E-state index contributed by atoms with van der Waals surface area (Å²) in [6.07, 6.45) is 4.58. The van der Waals surface area contributed by atoms with Crippen LogP contribution in [-0.4, -0.2) is 29.6 Å². The van der Waals surface area contributed by atoms with E-state index in [1.165, 1.54) is 18.6 Å². The molecule has 2 rings (SSSR count). The van der Waals surface area contributed by atoms with Crippen LogP contribution < -0.4 is 10.1 Å². The number of carbonyl (C=O) groups excluding carboxylic acids is 1. The van der Waals surface area contributed by atoms with Crippen LogP contribution in [0.25, 0.3) is 0 Å². The molecular weight excluding hydrogens is 270 g/mol. The van der Waals surface area contributed by atoms with Gasteiger partial charge in [-0.15, -0.1) is 0 Å². The lowest BCUT2D eigenvalue weighted by Crippen LogP contribution is -2.43. The first-order valence-corrected chi connectivity index (χ1v) is 7.32. The van der Waals surface area contributed by atoms with E-state index in [2.05, 4.69) is 12.2 Å². The van der Waals surface area contributed by atoms with E-state index in [-0.39, 0.29) is 24.1 Å². The van der Waals surface area contributed by atoms with E-state index >= 15 is 0 Å². The van der Waals surface area contributed by atoms with Crippen molar-refractivity contribution in [1.29, 1.82) is 0 Å². The van der Waals surface area contributed by atoms with Crippen molar-refractivity contribution in [3.63, 3.8) is 0 Å². The maximum absolute atomic E-state index is 11.9. The Morgan fingerprint density at radius 2 is 1.90 bits per heavy atom. The van der Waals surface area contributed by atoms with Crippen molar-refractivity contribution < 1.29 is 19.4 Å². The quantitative estimate of drug-likeness (QED) is 0.873. The van der Waals surface area contributed by atoms with Crippen molar-refractivity contribution in [2.75, 3.05) is 6.61 Å². The van der Waals surface area contributed by atoms with Crippen molar-refractivity contribution in [2.24, 2.45) is 5.92 Å². The van der Waals surface area contributed by atoms with Crippen LogP contribution in [-0.2, 0) is 4.79 Å². The lowest BCUT2D eigenvalue weighted by atomic mass is 9.86. The molecular formula is C16H21NO4. The van der Waals surface area contributed by atoms with Crippen LogP contribution in [0.15, 0.2) is 24.3 Å². The third kappa shape index (κ3) is 4.48. The maximum atomic E-state index is 11.9. The van der Waals surface area contributed by atoms with Crippen LogP contribution in [0.4, 0.5) is 0 Å². The molecule has 1 amide bonds. The minimum Gasteiger partial charge on any atom is -0.484 e. The van der Waals surface area contributed by atoms with E-state index in [9.17, 15) is 9.59 Å². The first kappa shape index (κ1) is 15.4. The fourth-order valence-electron chi connectivity index (χ4n) is 2.62. The molecule has 0 heterocycles. The Morgan fingerprint density at radius 1 is 1.24 bits per heavy atom.